The number of halogens is 2. The second-order valence-electron chi connectivity index (χ2n) is 3.70. The Morgan fingerprint density at radius 2 is 1.41 bits per heavy atom. The molecule has 0 aliphatic heterocycles. The molecule has 0 saturated carbocycles. The molecule has 2 aromatic rings. The number of hydrazine groups is 1. The van der Waals surface area contributed by atoms with Gasteiger partial charge in [0.05, 0.1) is 6.04 Å². The Hall–Kier alpha value is -1.23. The van der Waals surface area contributed by atoms with Crippen molar-refractivity contribution in [2.24, 2.45) is 5.84 Å². The summed E-state index contributed by atoms with van der Waals surface area (Å²) in [6.45, 7) is 0. The normalized spacial score (nSPS) is 12.4. The summed E-state index contributed by atoms with van der Waals surface area (Å²) in [5, 5.41) is 0. The van der Waals surface area contributed by atoms with Crippen LogP contribution in [0.2, 0.25) is 0 Å². The van der Waals surface area contributed by atoms with E-state index >= 15 is 0 Å². The third-order valence-electron chi connectivity index (χ3n) is 2.57. The van der Waals surface area contributed by atoms with Crippen molar-refractivity contribution in [3.63, 3.8) is 0 Å². The Morgan fingerprint density at radius 1 is 0.941 bits per heavy atom. The maximum absolute atomic E-state index is 12.9. The maximum Gasteiger partial charge on any atom is 0.123 e. The Kier molecular flexibility index (Phi) is 3.89. The van der Waals surface area contributed by atoms with Crippen LogP contribution in [-0.2, 0) is 0 Å². The van der Waals surface area contributed by atoms with Gasteiger partial charge in [0.2, 0.25) is 0 Å². The van der Waals surface area contributed by atoms with Crippen LogP contribution in [0.15, 0.2) is 53.0 Å². The third-order valence-corrected chi connectivity index (χ3v) is 3.10. The lowest BCUT2D eigenvalue weighted by Gasteiger charge is -2.16. The topological polar surface area (TPSA) is 38.0 Å². The van der Waals surface area contributed by atoms with Crippen LogP contribution in [0, 0.1) is 5.82 Å². The van der Waals surface area contributed by atoms with E-state index in [1.165, 1.54) is 12.1 Å². The standard InChI is InChI=1S/C13H12BrFN2/c14-11-5-1-9(2-6-11)13(17-16)10-3-7-12(15)8-4-10/h1-8,13,17H,16H2. The van der Waals surface area contributed by atoms with Crippen molar-refractivity contribution < 1.29 is 4.39 Å². The molecule has 4 heteroatoms. The molecule has 0 heterocycles. The van der Waals surface area contributed by atoms with Gasteiger partial charge in [-0.3, -0.25) is 5.84 Å². The summed E-state index contributed by atoms with van der Waals surface area (Å²) in [5.41, 5.74) is 4.69. The number of nitrogens with two attached hydrogens (primary N) is 1. The van der Waals surface area contributed by atoms with Crippen molar-refractivity contribution in [2.45, 2.75) is 6.04 Å². The van der Waals surface area contributed by atoms with E-state index in [9.17, 15) is 4.39 Å². The van der Waals surface area contributed by atoms with Gasteiger partial charge in [-0.15, -0.1) is 0 Å². The zero-order chi connectivity index (χ0) is 12.3. The van der Waals surface area contributed by atoms with Crippen LogP contribution >= 0.6 is 15.9 Å². The van der Waals surface area contributed by atoms with Crippen molar-refractivity contribution in [1.29, 1.82) is 0 Å². The number of hydrogen-bond donors (Lipinski definition) is 2. The molecule has 0 fully saturated rings. The number of benzene rings is 2. The Labute approximate surface area is 108 Å². The highest BCUT2D eigenvalue weighted by molar-refractivity contribution is 9.10. The quantitative estimate of drug-likeness (QED) is 0.674. The number of hydrogen-bond acceptors (Lipinski definition) is 2. The molecule has 0 spiro atoms. The highest BCUT2D eigenvalue weighted by Gasteiger charge is 2.11. The van der Waals surface area contributed by atoms with Crippen LogP contribution in [0.4, 0.5) is 4.39 Å². The van der Waals surface area contributed by atoms with E-state index in [0.717, 1.165) is 15.6 Å². The van der Waals surface area contributed by atoms with Gasteiger partial charge in [-0.2, -0.15) is 0 Å². The SMILES string of the molecule is NNC(c1ccc(F)cc1)c1ccc(Br)cc1. The minimum atomic E-state index is -0.250. The van der Waals surface area contributed by atoms with Gasteiger partial charge in [0.25, 0.3) is 0 Å². The first-order valence-corrected chi connectivity index (χ1v) is 5.97. The molecule has 0 aliphatic carbocycles. The Balaban J connectivity index is 2.33. The van der Waals surface area contributed by atoms with Crippen molar-refractivity contribution in [2.75, 3.05) is 0 Å². The molecular formula is C13H12BrFN2. The van der Waals surface area contributed by atoms with E-state index in [0.29, 0.717) is 0 Å². The van der Waals surface area contributed by atoms with Crippen LogP contribution in [0.1, 0.15) is 17.2 Å². The van der Waals surface area contributed by atoms with Crippen LogP contribution in [-0.4, -0.2) is 0 Å². The largest absolute Gasteiger partial charge is 0.271 e. The predicted molar refractivity (Wildman–Crippen MR) is 69.7 cm³/mol. The van der Waals surface area contributed by atoms with Gasteiger partial charge in [0.15, 0.2) is 0 Å². The van der Waals surface area contributed by atoms with Gasteiger partial charge in [0.1, 0.15) is 5.82 Å². The molecule has 3 N–H and O–H groups in total. The molecule has 1 unspecified atom stereocenters. The summed E-state index contributed by atoms with van der Waals surface area (Å²) in [4.78, 5) is 0. The third kappa shape index (κ3) is 2.91. The minimum absolute atomic E-state index is 0.135. The second kappa shape index (κ2) is 5.40. The molecule has 2 nitrogen and oxygen atoms in total. The molecule has 2 rings (SSSR count). The molecule has 0 bridgehead atoms. The molecule has 0 amide bonds. The van der Waals surface area contributed by atoms with Gasteiger partial charge in [-0.05, 0) is 35.4 Å². The van der Waals surface area contributed by atoms with Crippen LogP contribution < -0.4 is 11.3 Å². The lowest BCUT2D eigenvalue weighted by molar-refractivity contribution is 0.615. The van der Waals surface area contributed by atoms with Crippen LogP contribution in [0.3, 0.4) is 0 Å². The van der Waals surface area contributed by atoms with Crippen molar-refractivity contribution in [3.05, 3.63) is 69.9 Å². The average molecular weight is 295 g/mol. The van der Waals surface area contributed by atoms with Gasteiger partial charge in [-0.1, -0.05) is 40.2 Å². The summed E-state index contributed by atoms with van der Waals surface area (Å²) in [5.74, 6) is 5.31. The summed E-state index contributed by atoms with van der Waals surface area (Å²) >= 11 is 3.38. The van der Waals surface area contributed by atoms with E-state index in [4.69, 9.17) is 5.84 Å². The fourth-order valence-electron chi connectivity index (χ4n) is 1.70. The van der Waals surface area contributed by atoms with Gasteiger partial charge >= 0.3 is 0 Å². The van der Waals surface area contributed by atoms with E-state index in [1.807, 2.05) is 24.3 Å². The monoisotopic (exact) mass is 294 g/mol. The molecule has 88 valence electrons. The van der Waals surface area contributed by atoms with Crippen LogP contribution in [0.25, 0.3) is 0 Å². The maximum atomic E-state index is 12.9. The zero-order valence-electron chi connectivity index (χ0n) is 9.03. The van der Waals surface area contributed by atoms with Gasteiger partial charge in [0, 0.05) is 4.47 Å². The molecular weight excluding hydrogens is 283 g/mol. The lowest BCUT2D eigenvalue weighted by atomic mass is 9.99. The second-order valence-corrected chi connectivity index (χ2v) is 4.62. The molecule has 0 aliphatic rings. The van der Waals surface area contributed by atoms with Crippen molar-refractivity contribution >= 4 is 15.9 Å². The summed E-state index contributed by atoms with van der Waals surface area (Å²) < 4.78 is 13.9. The van der Waals surface area contributed by atoms with Crippen molar-refractivity contribution in [1.82, 2.24) is 5.43 Å². The van der Waals surface area contributed by atoms with E-state index in [2.05, 4.69) is 21.4 Å². The fourth-order valence-corrected chi connectivity index (χ4v) is 1.96. The predicted octanol–water partition coefficient (Wildman–Crippen LogP) is 3.14. The smallest absolute Gasteiger partial charge is 0.123 e. The van der Waals surface area contributed by atoms with E-state index < -0.39 is 0 Å². The average Bonchev–Trinajstić information content (AvgIpc) is 2.35. The molecule has 0 radical (unpaired) electrons. The summed E-state index contributed by atoms with van der Waals surface area (Å²) in [6.07, 6.45) is 0. The van der Waals surface area contributed by atoms with Crippen LogP contribution in [0.5, 0.6) is 0 Å². The molecule has 0 aromatic heterocycles. The molecule has 17 heavy (non-hydrogen) atoms. The molecule has 1 atom stereocenters. The highest BCUT2D eigenvalue weighted by Crippen LogP contribution is 2.23. The lowest BCUT2D eigenvalue weighted by Crippen LogP contribution is -2.28. The van der Waals surface area contributed by atoms with Gasteiger partial charge < -0.3 is 0 Å². The first-order chi connectivity index (χ1) is 8.20. The number of nitrogens with one attached hydrogen (secondary N) is 1. The van der Waals surface area contributed by atoms with Gasteiger partial charge in [-0.25, -0.2) is 9.82 Å². The van der Waals surface area contributed by atoms with E-state index in [-0.39, 0.29) is 11.9 Å². The highest BCUT2D eigenvalue weighted by atomic mass is 79.9. The Bertz CT molecular complexity index is 436. The molecule has 0 saturated heterocycles. The summed E-state index contributed by atoms with van der Waals surface area (Å²) in [6, 6.07) is 14.0. The van der Waals surface area contributed by atoms with Crippen molar-refractivity contribution in [3.8, 4) is 0 Å². The van der Waals surface area contributed by atoms with E-state index in [1.54, 1.807) is 12.1 Å². The number of rotatable bonds is 3. The molecule has 2 aromatic carbocycles. The first kappa shape index (κ1) is 12.2. The zero-order valence-corrected chi connectivity index (χ0v) is 10.6. The Morgan fingerprint density at radius 3 is 1.88 bits per heavy atom. The summed E-state index contributed by atoms with van der Waals surface area (Å²) in [7, 11) is 0. The fraction of sp³-hybridized carbons (Fsp3) is 0.0769. The first-order valence-electron chi connectivity index (χ1n) is 5.18. The minimum Gasteiger partial charge on any atom is -0.271 e.